The molecular formula is C17H22N2O4. The van der Waals surface area contributed by atoms with Gasteiger partial charge < -0.3 is 9.47 Å². The van der Waals surface area contributed by atoms with E-state index >= 15 is 0 Å². The van der Waals surface area contributed by atoms with E-state index in [0.29, 0.717) is 18.5 Å². The third-order valence-electron chi connectivity index (χ3n) is 3.31. The lowest BCUT2D eigenvalue weighted by Crippen LogP contribution is -2.27. The third-order valence-corrected chi connectivity index (χ3v) is 3.31. The van der Waals surface area contributed by atoms with E-state index in [0.717, 1.165) is 11.3 Å². The average Bonchev–Trinajstić information content (AvgIpc) is 2.94. The lowest BCUT2D eigenvalue weighted by atomic mass is 10.0. The Balaban J connectivity index is 2.18. The summed E-state index contributed by atoms with van der Waals surface area (Å²) in [5.74, 6) is -0.336. The predicted octanol–water partition coefficient (Wildman–Crippen LogP) is 3.16. The molecule has 1 aromatic rings. The molecule has 1 heterocycles. The van der Waals surface area contributed by atoms with Crippen molar-refractivity contribution in [1.82, 2.24) is 0 Å². The molecule has 0 aromatic heterocycles. The van der Waals surface area contributed by atoms with Crippen LogP contribution < -0.4 is 5.32 Å². The second-order valence-electron chi connectivity index (χ2n) is 6.33. The van der Waals surface area contributed by atoms with E-state index in [2.05, 4.69) is 10.3 Å². The van der Waals surface area contributed by atoms with Gasteiger partial charge in [-0.3, -0.25) is 10.3 Å². The van der Waals surface area contributed by atoms with Crippen molar-refractivity contribution in [3.8, 4) is 0 Å². The molecular weight excluding hydrogens is 296 g/mol. The summed E-state index contributed by atoms with van der Waals surface area (Å²) in [4.78, 5) is 28.0. The lowest BCUT2D eigenvalue weighted by molar-refractivity contribution is -0.141. The van der Waals surface area contributed by atoms with Crippen molar-refractivity contribution in [3.63, 3.8) is 0 Å². The van der Waals surface area contributed by atoms with Gasteiger partial charge in [-0.15, -0.1) is 0 Å². The number of carbonyl (C=O) groups is 2. The second-order valence-corrected chi connectivity index (χ2v) is 6.33. The van der Waals surface area contributed by atoms with Crippen LogP contribution in [0.15, 0.2) is 29.3 Å². The zero-order chi connectivity index (χ0) is 17.0. The van der Waals surface area contributed by atoms with Gasteiger partial charge in [0.15, 0.2) is 0 Å². The van der Waals surface area contributed by atoms with Crippen molar-refractivity contribution >= 4 is 23.5 Å². The van der Waals surface area contributed by atoms with Gasteiger partial charge in [-0.05, 0) is 39.7 Å². The first-order valence-corrected chi connectivity index (χ1v) is 7.54. The number of hydrogen-bond donors (Lipinski definition) is 1. The summed E-state index contributed by atoms with van der Waals surface area (Å²) in [6.07, 6.45) is 0.753. The molecule has 0 bridgehead atoms. The highest BCUT2D eigenvalue weighted by Crippen LogP contribution is 2.25. The van der Waals surface area contributed by atoms with Crippen molar-refractivity contribution in [2.24, 2.45) is 4.99 Å². The predicted molar refractivity (Wildman–Crippen MR) is 87.9 cm³/mol. The number of carbonyl (C=O) groups excluding carboxylic acids is 2. The molecule has 0 fully saturated rings. The largest absolute Gasteiger partial charge is 0.467 e. The highest BCUT2D eigenvalue weighted by atomic mass is 16.6. The molecule has 1 atom stereocenters. The van der Waals surface area contributed by atoms with E-state index in [1.54, 1.807) is 26.8 Å². The number of rotatable bonds is 3. The Labute approximate surface area is 135 Å². The topological polar surface area (TPSA) is 77.0 Å². The highest BCUT2D eigenvalue weighted by molar-refractivity contribution is 6.09. The number of anilines is 1. The standard InChI is InChI=1S/C17H22N2O4/c1-17(2,3)23-16(21)19-12-8-6-5-7-11(12)13-9-10-14(18-13)15(20)22-4/h5-8,14H,9-10H2,1-4H3,(H,19,21)/t14-/m1/s1. The summed E-state index contributed by atoms with van der Waals surface area (Å²) in [5.41, 5.74) is 1.63. The first kappa shape index (κ1) is 17.0. The SMILES string of the molecule is COC(=O)[C@H]1CCC(c2ccccc2NC(=O)OC(C)(C)C)=N1. The molecule has 0 spiro atoms. The van der Waals surface area contributed by atoms with Gasteiger partial charge in [0, 0.05) is 11.3 Å². The number of para-hydroxylation sites is 1. The van der Waals surface area contributed by atoms with E-state index in [1.807, 2.05) is 18.2 Å². The van der Waals surface area contributed by atoms with E-state index in [1.165, 1.54) is 7.11 Å². The van der Waals surface area contributed by atoms with Crippen LogP contribution in [0.1, 0.15) is 39.2 Å². The molecule has 0 saturated heterocycles. The first-order valence-electron chi connectivity index (χ1n) is 7.54. The van der Waals surface area contributed by atoms with Gasteiger partial charge in [0.05, 0.1) is 12.8 Å². The lowest BCUT2D eigenvalue weighted by Gasteiger charge is -2.20. The Morgan fingerprint density at radius 3 is 2.61 bits per heavy atom. The smallest absolute Gasteiger partial charge is 0.412 e. The summed E-state index contributed by atoms with van der Waals surface area (Å²) >= 11 is 0. The third kappa shape index (κ3) is 4.55. The molecule has 0 radical (unpaired) electrons. The number of amides is 1. The van der Waals surface area contributed by atoms with E-state index in [-0.39, 0.29) is 5.97 Å². The van der Waals surface area contributed by atoms with Gasteiger partial charge in [0.25, 0.3) is 0 Å². The van der Waals surface area contributed by atoms with E-state index < -0.39 is 17.7 Å². The maximum Gasteiger partial charge on any atom is 0.412 e. The number of esters is 1. The monoisotopic (exact) mass is 318 g/mol. The number of hydrogen-bond acceptors (Lipinski definition) is 5. The molecule has 1 aromatic carbocycles. The van der Waals surface area contributed by atoms with Crippen LogP contribution in [0.4, 0.5) is 10.5 Å². The van der Waals surface area contributed by atoms with Crippen LogP contribution >= 0.6 is 0 Å². The number of ether oxygens (including phenoxy) is 2. The quantitative estimate of drug-likeness (QED) is 0.868. The Morgan fingerprint density at radius 2 is 1.96 bits per heavy atom. The number of methoxy groups -OCH3 is 1. The minimum absolute atomic E-state index is 0.336. The van der Waals surface area contributed by atoms with Crippen molar-refractivity contribution < 1.29 is 19.1 Å². The van der Waals surface area contributed by atoms with Gasteiger partial charge in [-0.25, -0.2) is 9.59 Å². The molecule has 1 aliphatic rings. The molecule has 23 heavy (non-hydrogen) atoms. The Kier molecular flexibility index (Phi) is 5.03. The normalized spacial score (nSPS) is 17.4. The fraction of sp³-hybridized carbons (Fsp3) is 0.471. The summed E-state index contributed by atoms with van der Waals surface area (Å²) in [5, 5.41) is 2.74. The molecule has 0 aliphatic carbocycles. The molecule has 1 aliphatic heterocycles. The minimum Gasteiger partial charge on any atom is -0.467 e. The number of nitrogens with one attached hydrogen (secondary N) is 1. The van der Waals surface area contributed by atoms with Crippen LogP contribution in [0, 0.1) is 0 Å². The van der Waals surface area contributed by atoms with Crippen molar-refractivity contribution in [3.05, 3.63) is 29.8 Å². The molecule has 1 N–H and O–H groups in total. The molecule has 6 heteroatoms. The van der Waals surface area contributed by atoms with E-state index in [9.17, 15) is 9.59 Å². The van der Waals surface area contributed by atoms with Gasteiger partial charge in [0.1, 0.15) is 11.6 Å². The van der Waals surface area contributed by atoms with Crippen molar-refractivity contribution in [1.29, 1.82) is 0 Å². The highest BCUT2D eigenvalue weighted by Gasteiger charge is 2.27. The molecule has 6 nitrogen and oxygen atoms in total. The minimum atomic E-state index is -0.570. The fourth-order valence-corrected chi connectivity index (χ4v) is 2.36. The van der Waals surface area contributed by atoms with Crippen LogP contribution in [0.25, 0.3) is 0 Å². The number of nitrogens with zero attached hydrogens (tertiary/aromatic N) is 1. The molecule has 0 unspecified atom stereocenters. The molecule has 124 valence electrons. The van der Waals surface area contributed by atoms with Crippen LogP contribution in [0.5, 0.6) is 0 Å². The summed E-state index contributed by atoms with van der Waals surface area (Å²) in [6, 6.07) is 6.87. The fourth-order valence-electron chi connectivity index (χ4n) is 2.36. The van der Waals surface area contributed by atoms with Crippen molar-refractivity contribution in [2.75, 3.05) is 12.4 Å². The molecule has 1 amide bonds. The Hall–Kier alpha value is -2.37. The van der Waals surface area contributed by atoms with Crippen LogP contribution in [0.3, 0.4) is 0 Å². The van der Waals surface area contributed by atoms with Crippen LogP contribution in [0.2, 0.25) is 0 Å². The zero-order valence-electron chi connectivity index (χ0n) is 13.9. The van der Waals surface area contributed by atoms with Gasteiger partial charge in [0.2, 0.25) is 0 Å². The van der Waals surface area contributed by atoms with Crippen molar-refractivity contribution in [2.45, 2.75) is 45.3 Å². The van der Waals surface area contributed by atoms with Crippen LogP contribution in [-0.2, 0) is 14.3 Å². The Morgan fingerprint density at radius 1 is 1.26 bits per heavy atom. The maximum atomic E-state index is 12.0. The van der Waals surface area contributed by atoms with E-state index in [4.69, 9.17) is 9.47 Å². The molecule has 0 saturated carbocycles. The number of aliphatic imine (C=N–C) groups is 1. The number of benzene rings is 1. The maximum absolute atomic E-state index is 12.0. The average molecular weight is 318 g/mol. The summed E-state index contributed by atoms with van der Waals surface area (Å²) in [7, 11) is 1.36. The second kappa shape index (κ2) is 6.81. The first-order chi connectivity index (χ1) is 10.8. The summed E-state index contributed by atoms with van der Waals surface area (Å²) in [6.45, 7) is 5.42. The zero-order valence-corrected chi connectivity index (χ0v) is 13.9. The van der Waals surface area contributed by atoms with Gasteiger partial charge in [-0.2, -0.15) is 0 Å². The van der Waals surface area contributed by atoms with Crippen LogP contribution in [-0.4, -0.2) is 36.5 Å². The Bertz CT molecular complexity index is 632. The van der Waals surface area contributed by atoms with Gasteiger partial charge in [-0.1, -0.05) is 18.2 Å². The molecule has 2 rings (SSSR count). The van der Waals surface area contributed by atoms with Gasteiger partial charge >= 0.3 is 12.1 Å². The summed E-state index contributed by atoms with van der Waals surface area (Å²) < 4.78 is 10.0.